The average molecular weight is 325 g/mol. The molecule has 2 heterocycles. The normalized spacial score (nSPS) is 21.1. The van der Waals surface area contributed by atoms with E-state index >= 15 is 0 Å². The summed E-state index contributed by atoms with van der Waals surface area (Å²) in [6, 6.07) is 9.01. The van der Waals surface area contributed by atoms with Crippen LogP contribution in [0.2, 0.25) is 0 Å². The van der Waals surface area contributed by atoms with E-state index in [4.69, 9.17) is 4.98 Å². The van der Waals surface area contributed by atoms with Crippen LogP contribution in [0.4, 0.5) is 0 Å². The van der Waals surface area contributed by atoms with Crippen LogP contribution in [0.15, 0.2) is 24.3 Å². The van der Waals surface area contributed by atoms with Crippen LogP contribution in [0, 0.1) is 0 Å². The zero-order chi connectivity index (χ0) is 13.8. The van der Waals surface area contributed by atoms with E-state index in [-0.39, 0.29) is 0 Å². The molecule has 2 aromatic rings. The predicted molar refractivity (Wildman–Crippen MR) is 94.4 cm³/mol. The van der Waals surface area contributed by atoms with Gasteiger partial charge in [-0.25, -0.2) is 4.98 Å². The molecule has 0 spiro atoms. The number of rotatable bonds is 5. The van der Waals surface area contributed by atoms with Gasteiger partial charge >= 0.3 is 0 Å². The van der Waals surface area contributed by atoms with Crippen molar-refractivity contribution in [3.05, 3.63) is 29.3 Å². The Balaban J connectivity index is 1.74. The summed E-state index contributed by atoms with van der Waals surface area (Å²) >= 11 is 6.07. The molecule has 1 aliphatic rings. The predicted octanol–water partition coefficient (Wildman–Crippen LogP) is 3.67. The number of nitrogens with zero attached hydrogens (tertiary/aromatic N) is 1. The molecule has 0 amide bonds. The van der Waals surface area contributed by atoms with Crippen molar-refractivity contribution in [2.24, 2.45) is 0 Å². The van der Waals surface area contributed by atoms with Crippen LogP contribution in [0.1, 0.15) is 11.9 Å². The third kappa shape index (κ3) is 3.50. The van der Waals surface area contributed by atoms with Crippen LogP contribution in [-0.4, -0.2) is 40.1 Å². The van der Waals surface area contributed by atoms with Crippen LogP contribution in [0.25, 0.3) is 10.2 Å². The summed E-state index contributed by atoms with van der Waals surface area (Å²) in [7, 11) is 0. The Morgan fingerprint density at radius 2 is 2.25 bits per heavy atom. The van der Waals surface area contributed by atoms with Gasteiger partial charge < -0.3 is 5.32 Å². The third-order valence-electron chi connectivity index (χ3n) is 3.49. The monoisotopic (exact) mass is 324 g/mol. The smallest absolute Gasteiger partial charge is 0.0954 e. The van der Waals surface area contributed by atoms with Crippen molar-refractivity contribution in [3.63, 3.8) is 0 Å². The Labute approximate surface area is 133 Å². The molecular formula is C15H20N2S3. The molecule has 1 aromatic heterocycles. The third-order valence-corrected chi connectivity index (χ3v) is 7.47. The van der Waals surface area contributed by atoms with Crippen molar-refractivity contribution in [1.82, 2.24) is 10.3 Å². The molecule has 3 rings (SSSR count). The molecule has 1 saturated heterocycles. The second kappa shape index (κ2) is 7.16. The lowest BCUT2D eigenvalue weighted by Crippen LogP contribution is -2.42. The number of thiazole rings is 1. The Bertz CT molecular complexity index is 516. The largest absolute Gasteiger partial charge is 0.313 e. The highest BCUT2D eigenvalue weighted by molar-refractivity contribution is 8.06. The van der Waals surface area contributed by atoms with Crippen molar-refractivity contribution >= 4 is 45.1 Å². The summed E-state index contributed by atoms with van der Waals surface area (Å²) < 4.78 is 1.31. The minimum Gasteiger partial charge on any atom is -0.313 e. The number of nitrogens with one attached hydrogen (secondary N) is 1. The minimum atomic E-state index is 0.554. The summed E-state index contributed by atoms with van der Waals surface area (Å²) in [6.45, 7) is 3.24. The molecule has 0 bridgehead atoms. The number of hydrogen-bond donors (Lipinski definition) is 1. The van der Waals surface area contributed by atoms with Crippen molar-refractivity contribution in [1.29, 1.82) is 0 Å². The molecule has 1 N–H and O–H groups in total. The molecule has 1 aliphatic heterocycles. The van der Waals surface area contributed by atoms with Crippen molar-refractivity contribution in [3.8, 4) is 0 Å². The van der Waals surface area contributed by atoms with E-state index in [0.717, 1.165) is 23.7 Å². The van der Waals surface area contributed by atoms with Gasteiger partial charge in [0.15, 0.2) is 0 Å². The number of thioether (sulfide) groups is 2. The fourth-order valence-corrected chi connectivity index (χ4v) is 6.45. The number of hydrogen-bond acceptors (Lipinski definition) is 5. The maximum absolute atomic E-state index is 4.79. The summed E-state index contributed by atoms with van der Waals surface area (Å²) in [6.07, 6.45) is 1.06. The molecule has 2 unspecified atom stereocenters. The average Bonchev–Trinajstić information content (AvgIpc) is 2.90. The highest BCUT2D eigenvalue weighted by Gasteiger charge is 2.25. The standard InChI is InChI=1S/C15H20N2S3/c1-2-16-12(14-10-18-7-8-19-14)9-15-17-11-5-3-4-6-13(11)20-15/h3-6,12,14,16H,2,7-10H2,1H3. The summed E-state index contributed by atoms with van der Waals surface area (Å²) in [5.74, 6) is 3.87. The molecule has 0 radical (unpaired) electrons. The van der Waals surface area contributed by atoms with Gasteiger partial charge in [-0.05, 0) is 18.7 Å². The van der Waals surface area contributed by atoms with Gasteiger partial charge in [-0.2, -0.15) is 23.5 Å². The van der Waals surface area contributed by atoms with E-state index in [2.05, 4.69) is 60.0 Å². The molecule has 1 aromatic carbocycles. The topological polar surface area (TPSA) is 24.9 Å². The van der Waals surface area contributed by atoms with Crippen molar-refractivity contribution in [2.75, 3.05) is 23.8 Å². The Morgan fingerprint density at radius 3 is 3.00 bits per heavy atom. The molecule has 20 heavy (non-hydrogen) atoms. The van der Waals surface area contributed by atoms with Crippen LogP contribution in [0.3, 0.4) is 0 Å². The number of likely N-dealkylation sites (N-methyl/N-ethyl adjacent to an activating group) is 1. The molecule has 2 nitrogen and oxygen atoms in total. The first-order valence-corrected chi connectivity index (χ1v) is 10.2. The zero-order valence-corrected chi connectivity index (χ0v) is 14.1. The Morgan fingerprint density at radius 1 is 1.35 bits per heavy atom. The van der Waals surface area contributed by atoms with E-state index in [0.29, 0.717) is 6.04 Å². The summed E-state index contributed by atoms with van der Waals surface area (Å²) in [5, 5.41) is 5.67. The number of fused-ring (bicyclic) bond motifs is 1. The van der Waals surface area contributed by atoms with E-state index in [9.17, 15) is 0 Å². The molecule has 0 saturated carbocycles. The van der Waals surface area contributed by atoms with E-state index in [1.807, 2.05) is 11.3 Å². The van der Waals surface area contributed by atoms with Gasteiger partial charge in [-0.15, -0.1) is 11.3 Å². The van der Waals surface area contributed by atoms with Crippen molar-refractivity contribution in [2.45, 2.75) is 24.6 Å². The molecule has 2 atom stereocenters. The molecule has 1 fully saturated rings. The maximum Gasteiger partial charge on any atom is 0.0954 e. The lowest BCUT2D eigenvalue weighted by Gasteiger charge is -2.29. The quantitative estimate of drug-likeness (QED) is 0.907. The maximum atomic E-state index is 4.79. The summed E-state index contributed by atoms with van der Waals surface area (Å²) in [4.78, 5) is 4.79. The number of aromatic nitrogens is 1. The second-order valence-corrected chi connectivity index (χ2v) is 8.54. The van der Waals surface area contributed by atoms with Crippen molar-refractivity contribution < 1.29 is 0 Å². The fraction of sp³-hybridized carbons (Fsp3) is 0.533. The minimum absolute atomic E-state index is 0.554. The van der Waals surface area contributed by atoms with Crippen LogP contribution >= 0.6 is 34.9 Å². The van der Waals surface area contributed by atoms with Gasteiger partial charge in [-0.3, -0.25) is 0 Å². The first-order chi connectivity index (χ1) is 9.86. The Kier molecular flexibility index (Phi) is 5.26. The number of benzene rings is 1. The van der Waals surface area contributed by atoms with E-state index in [1.54, 1.807) is 0 Å². The van der Waals surface area contributed by atoms with E-state index < -0.39 is 0 Å². The first-order valence-electron chi connectivity index (χ1n) is 7.14. The first kappa shape index (κ1) is 14.7. The SMILES string of the molecule is CCNC(Cc1nc2ccccc2s1)C1CSCCS1. The van der Waals surface area contributed by atoms with Gasteiger partial charge in [0.1, 0.15) is 0 Å². The highest BCUT2D eigenvalue weighted by Crippen LogP contribution is 2.29. The molecular weight excluding hydrogens is 304 g/mol. The van der Waals surface area contributed by atoms with Gasteiger partial charge in [0.05, 0.1) is 15.2 Å². The second-order valence-electron chi connectivity index (χ2n) is 4.93. The Hall–Kier alpha value is -0.230. The van der Waals surface area contributed by atoms with Crippen LogP contribution in [0.5, 0.6) is 0 Å². The molecule has 5 heteroatoms. The van der Waals surface area contributed by atoms with Gasteiger partial charge in [0.25, 0.3) is 0 Å². The van der Waals surface area contributed by atoms with Gasteiger partial charge in [0.2, 0.25) is 0 Å². The van der Waals surface area contributed by atoms with Crippen LogP contribution in [-0.2, 0) is 6.42 Å². The van der Waals surface area contributed by atoms with E-state index in [1.165, 1.54) is 27.0 Å². The van der Waals surface area contributed by atoms with Gasteiger partial charge in [0, 0.05) is 35.0 Å². The van der Waals surface area contributed by atoms with Crippen LogP contribution < -0.4 is 5.32 Å². The number of para-hydroxylation sites is 1. The molecule has 0 aliphatic carbocycles. The summed E-state index contributed by atoms with van der Waals surface area (Å²) in [5.41, 5.74) is 1.15. The lowest BCUT2D eigenvalue weighted by molar-refractivity contribution is 0.522. The fourth-order valence-electron chi connectivity index (χ4n) is 2.53. The zero-order valence-electron chi connectivity index (χ0n) is 11.7. The highest BCUT2D eigenvalue weighted by atomic mass is 32.2. The lowest BCUT2D eigenvalue weighted by atomic mass is 10.1. The van der Waals surface area contributed by atoms with Gasteiger partial charge in [-0.1, -0.05) is 19.1 Å². The molecule has 108 valence electrons.